The van der Waals surface area contributed by atoms with Crippen molar-refractivity contribution in [1.29, 1.82) is 0 Å². The molecule has 0 fully saturated rings. The van der Waals surface area contributed by atoms with Gasteiger partial charge in [0.05, 0.1) is 0 Å². The fourth-order valence-electron chi connectivity index (χ4n) is 4.84. The van der Waals surface area contributed by atoms with Gasteiger partial charge in [0.2, 0.25) is 0 Å². The number of nitrogens with zero attached hydrogens (tertiary/aromatic N) is 3. The molecule has 0 atom stereocenters. The zero-order valence-corrected chi connectivity index (χ0v) is 29.1. The Morgan fingerprint density at radius 2 is 0.975 bits per heavy atom. The summed E-state index contributed by atoms with van der Waals surface area (Å²) >= 11 is 0. The van der Waals surface area contributed by atoms with E-state index >= 15 is 0 Å². The Labute approximate surface area is 248 Å². The van der Waals surface area contributed by atoms with E-state index in [0.717, 1.165) is 37.7 Å². The first-order chi connectivity index (χ1) is 18.5. The van der Waals surface area contributed by atoms with Gasteiger partial charge in [-0.1, -0.05) is 67.5 Å². The highest BCUT2D eigenvalue weighted by Gasteiger charge is 2.33. The van der Waals surface area contributed by atoms with Crippen LogP contribution in [0.5, 0.6) is 11.5 Å². The summed E-state index contributed by atoms with van der Waals surface area (Å²) in [5, 5.41) is 2.59. The summed E-state index contributed by atoms with van der Waals surface area (Å²) in [4.78, 5) is 4.37. The van der Waals surface area contributed by atoms with Gasteiger partial charge in [0, 0.05) is 42.9 Å². The van der Waals surface area contributed by atoms with Gasteiger partial charge in [-0.05, 0) is 89.2 Å². The predicted molar refractivity (Wildman–Crippen MR) is 177 cm³/mol. The molecule has 6 heteroatoms. The zero-order valence-electron chi connectivity index (χ0n) is 28.2. The second-order valence-corrected chi connectivity index (χ2v) is 15.7. The molecule has 2 aromatic rings. The van der Waals surface area contributed by atoms with E-state index in [4.69, 9.17) is 9.47 Å². The van der Waals surface area contributed by atoms with Crippen molar-refractivity contribution in [2.75, 3.05) is 67.6 Å². The van der Waals surface area contributed by atoms with Gasteiger partial charge in [-0.15, -0.1) is 0 Å². The van der Waals surface area contributed by atoms with Gasteiger partial charge >= 0.3 is 0 Å². The summed E-state index contributed by atoms with van der Waals surface area (Å²) in [5.74, 6) is 2.10. The van der Waals surface area contributed by atoms with Crippen LogP contribution in [-0.4, -0.2) is 82.1 Å². The van der Waals surface area contributed by atoms with Crippen molar-refractivity contribution in [2.45, 2.75) is 80.1 Å². The minimum Gasteiger partial charge on any atom is -0.491 e. The van der Waals surface area contributed by atoms with E-state index in [2.05, 4.69) is 136 Å². The number of ether oxygens (including phenoxy) is 2. The maximum absolute atomic E-state index is 6.78. The van der Waals surface area contributed by atoms with Crippen LogP contribution in [0, 0.1) is 13.8 Å². The van der Waals surface area contributed by atoms with E-state index in [1.165, 1.54) is 32.9 Å². The highest BCUT2D eigenvalue weighted by atomic mass is 31.1. The minimum absolute atomic E-state index is 0.0489. The van der Waals surface area contributed by atoms with E-state index in [0.29, 0.717) is 13.2 Å². The highest BCUT2D eigenvalue weighted by Crippen LogP contribution is 2.48. The Kier molecular flexibility index (Phi) is 12.5. The standard InChI is InChI=1S/C34H58N3O2P/c1-15-37(16-2)40(29-23-25(3)21-27(33(5,6)7)31(29)38-19-17-35(11)12)30-24-26(4)22-28(34(8,9)10)32(30)39-20-18-36(13)14/h21-24H,15-20H2,1-14H3. The molecule has 0 aliphatic heterocycles. The van der Waals surface area contributed by atoms with Crippen LogP contribution in [0.1, 0.15) is 77.6 Å². The van der Waals surface area contributed by atoms with Crippen molar-refractivity contribution in [3.8, 4) is 11.5 Å². The normalized spacial score (nSPS) is 12.8. The summed E-state index contributed by atoms with van der Waals surface area (Å²) in [6.45, 7) is 27.7. The molecule has 2 aromatic carbocycles. The maximum atomic E-state index is 6.78. The third-order valence-electron chi connectivity index (χ3n) is 7.08. The van der Waals surface area contributed by atoms with Crippen LogP contribution in [0.25, 0.3) is 0 Å². The lowest BCUT2D eigenvalue weighted by Gasteiger charge is -2.36. The van der Waals surface area contributed by atoms with Gasteiger partial charge in [0.1, 0.15) is 24.7 Å². The summed E-state index contributed by atoms with van der Waals surface area (Å²) in [6.07, 6.45) is 0. The van der Waals surface area contributed by atoms with Crippen molar-refractivity contribution in [2.24, 2.45) is 0 Å². The molecule has 5 nitrogen and oxygen atoms in total. The molecule has 0 aliphatic carbocycles. The molecule has 2 rings (SSSR count). The molecule has 0 bridgehead atoms. The van der Waals surface area contributed by atoms with E-state index in [1.54, 1.807) is 0 Å². The molecule has 0 heterocycles. The SMILES string of the molecule is CCN(CC)P(c1cc(C)cc(C(C)(C)C)c1OCCN(C)C)c1cc(C)cc(C(C)(C)C)c1OCCN(C)C. The monoisotopic (exact) mass is 571 g/mol. The van der Waals surface area contributed by atoms with Crippen molar-refractivity contribution < 1.29 is 9.47 Å². The van der Waals surface area contributed by atoms with Crippen LogP contribution in [0.3, 0.4) is 0 Å². The first kappa shape index (κ1) is 34.6. The average molecular weight is 572 g/mol. The zero-order chi connectivity index (χ0) is 30.4. The lowest BCUT2D eigenvalue weighted by atomic mass is 9.85. The molecule has 0 amide bonds. The number of likely N-dealkylation sites (N-methyl/N-ethyl adjacent to an activating group) is 2. The Bertz CT molecular complexity index is 1010. The highest BCUT2D eigenvalue weighted by molar-refractivity contribution is 7.71. The van der Waals surface area contributed by atoms with Crippen molar-refractivity contribution in [1.82, 2.24) is 14.5 Å². The number of hydrogen-bond acceptors (Lipinski definition) is 5. The van der Waals surface area contributed by atoms with Crippen LogP contribution >= 0.6 is 8.07 Å². The summed E-state index contributed by atoms with van der Waals surface area (Å²) < 4.78 is 16.2. The average Bonchev–Trinajstić information content (AvgIpc) is 2.82. The fourth-order valence-corrected chi connectivity index (χ4v) is 7.68. The lowest BCUT2D eigenvalue weighted by Crippen LogP contribution is -2.34. The maximum Gasteiger partial charge on any atom is 0.132 e. The number of hydrogen-bond donors (Lipinski definition) is 0. The van der Waals surface area contributed by atoms with Gasteiger partial charge in [-0.2, -0.15) is 0 Å². The molecule has 0 aromatic heterocycles. The molecular formula is C34H58N3O2P. The van der Waals surface area contributed by atoms with Crippen LogP contribution in [0.15, 0.2) is 24.3 Å². The first-order valence-electron chi connectivity index (χ1n) is 14.9. The molecule has 0 N–H and O–H groups in total. The second kappa shape index (κ2) is 14.5. The largest absolute Gasteiger partial charge is 0.491 e. The number of rotatable bonds is 13. The third kappa shape index (κ3) is 9.18. The van der Waals surface area contributed by atoms with E-state index in [-0.39, 0.29) is 10.8 Å². The molecule has 0 aliphatic rings. The Balaban J connectivity index is 2.97. The molecule has 0 saturated carbocycles. The fraction of sp³-hybridized carbons (Fsp3) is 0.647. The Hall–Kier alpha value is -1.65. The number of aryl methyl sites for hydroxylation is 2. The van der Waals surface area contributed by atoms with Gasteiger partial charge < -0.3 is 19.3 Å². The van der Waals surface area contributed by atoms with E-state index in [9.17, 15) is 0 Å². The number of benzene rings is 2. The van der Waals surface area contributed by atoms with E-state index < -0.39 is 8.07 Å². The van der Waals surface area contributed by atoms with Gasteiger partial charge in [0.15, 0.2) is 0 Å². The van der Waals surface area contributed by atoms with Crippen LogP contribution in [0.4, 0.5) is 0 Å². The first-order valence-corrected chi connectivity index (χ1v) is 16.2. The van der Waals surface area contributed by atoms with Crippen molar-refractivity contribution in [3.05, 3.63) is 46.5 Å². The summed E-state index contributed by atoms with van der Waals surface area (Å²) in [7, 11) is 7.49. The van der Waals surface area contributed by atoms with Crippen LogP contribution in [-0.2, 0) is 10.8 Å². The van der Waals surface area contributed by atoms with Gasteiger partial charge in [-0.25, -0.2) is 0 Å². The molecule has 40 heavy (non-hydrogen) atoms. The minimum atomic E-state index is -0.923. The van der Waals surface area contributed by atoms with Crippen LogP contribution < -0.4 is 20.1 Å². The smallest absolute Gasteiger partial charge is 0.132 e. The Morgan fingerprint density at radius 3 is 1.25 bits per heavy atom. The lowest BCUT2D eigenvalue weighted by molar-refractivity contribution is 0.258. The summed E-state index contributed by atoms with van der Waals surface area (Å²) in [5.41, 5.74) is 5.01. The molecular weight excluding hydrogens is 513 g/mol. The topological polar surface area (TPSA) is 28.2 Å². The Morgan fingerprint density at radius 1 is 0.625 bits per heavy atom. The van der Waals surface area contributed by atoms with Gasteiger partial charge in [0.25, 0.3) is 0 Å². The third-order valence-corrected chi connectivity index (χ3v) is 9.79. The van der Waals surface area contributed by atoms with E-state index in [1.807, 2.05) is 0 Å². The molecule has 226 valence electrons. The second-order valence-electron chi connectivity index (χ2n) is 13.6. The van der Waals surface area contributed by atoms with Crippen LogP contribution in [0.2, 0.25) is 0 Å². The predicted octanol–water partition coefficient (Wildman–Crippen LogP) is 6.47. The summed E-state index contributed by atoms with van der Waals surface area (Å²) in [6, 6.07) is 9.42. The molecule has 0 unspecified atom stereocenters. The quantitative estimate of drug-likeness (QED) is 0.257. The molecule has 0 saturated heterocycles. The molecule has 0 spiro atoms. The van der Waals surface area contributed by atoms with Crippen molar-refractivity contribution >= 4 is 18.7 Å². The van der Waals surface area contributed by atoms with Gasteiger partial charge in [-0.3, -0.25) is 4.67 Å². The van der Waals surface area contributed by atoms with Crippen molar-refractivity contribution in [3.63, 3.8) is 0 Å². The molecule has 0 radical (unpaired) electrons.